The number of hydrogen-bond donors (Lipinski definition) is 4. The predicted octanol–water partition coefficient (Wildman–Crippen LogP) is -2.14. The van der Waals surface area contributed by atoms with E-state index < -0.39 is 36.1 Å². The fourth-order valence-corrected chi connectivity index (χ4v) is 0.980. The molecule has 0 aromatic carbocycles. The van der Waals surface area contributed by atoms with Crippen LogP contribution < -0.4 is 0 Å². The number of carbonyl (C=O) groups excluding carboxylic acids is 2. The normalized spacial score (nSPS) is 17.8. The van der Waals surface area contributed by atoms with Crippen molar-refractivity contribution in [1.29, 1.82) is 0 Å². The van der Waals surface area contributed by atoms with E-state index in [1.807, 2.05) is 0 Å². The molecule has 0 bridgehead atoms. The van der Waals surface area contributed by atoms with Crippen molar-refractivity contribution < 1.29 is 30.0 Å². The fraction of sp³-hybridized carbons (Fsp3) is 0.714. The molecular formula is C7H11N3O6. The van der Waals surface area contributed by atoms with E-state index in [1.165, 1.54) is 0 Å². The lowest BCUT2D eigenvalue weighted by Gasteiger charge is -2.29. The molecule has 0 spiro atoms. The first-order chi connectivity index (χ1) is 7.32. The van der Waals surface area contributed by atoms with Crippen molar-refractivity contribution in [2.24, 2.45) is 5.11 Å². The summed E-state index contributed by atoms with van der Waals surface area (Å²) in [4.78, 5) is 24.2. The number of hydrogen-bond acceptors (Lipinski definition) is 6. The highest BCUT2D eigenvalue weighted by Gasteiger charge is 2.50. The first-order valence-electron chi connectivity index (χ1n) is 4.12. The van der Waals surface area contributed by atoms with Crippen molar-refractivity contribution in [2.75, 3.05) is 6.61 Å². The molecule has 0 aromatic heterocycles. The number of Topliss-reactive ketones (excluding diaryl/α,β-unsaturated/α-hetero) is 1. The lowest BCUT2D eigenvalue weighted by Crippen LogP contribution is -2.59. The van der Waals surface area contributed by atoms with Crippen molar-refractivity contribution >= 4 is 11.7 Å². The zero-order valence-electron chi connectivity index (χ0n) is 8.31. The predicted molar refractivity (Wildman–Crippen MR) is 48.9 cm³/mol. The number of amides is 1. The summed E-state index contributed by atoms with van der Waals surface area (Å²) in [6, 6.07) is 0. The second kappa shape index (κ2) is 5.54. The molecular weight excluding hydrogens is 222 g/mol. The molecule has 90 valence electrons. The van der Waals surface area contributed by atoms with Gasteiger partial charge in [-0.15, -0.1) is 0 Å². The summed E-state index contributed by atoms with van der Waals surface area (Å²) in [5.41, 5.74) is 4.92. The van der Waals surface area contributed by atoms with Crippen molar-refractivity contribution in [3.8, 4) is 0 Å². The highest BCUT2D eigenvalue weighted by Crippen LogP contribution is 2.18. The van der Waals surface area contributed by atoms with Gasteiger partial charge in [-0.25, -0.2) is 0 Å². The molecule has 4 N–H and O–H groups in total. The van der Waals surface area contributed by atoms with Crippen LogP contribution in [0.1, 0.15) is 6.92 Å². The third-order valence-electron chi connectivity index (χ3n) is 1.98. The van der Waals surface area contributed by atoms with Gasteiger partial charge in [-0.05, 0) is 17.6 Å². The van der Waals surface area contributed by atoms with Crippen LogP contribution >= 0.6 is 0 Å². The van der Waals surface area contributed by atoms with Crippen molar-refractivity contribution in [3.05, 3.63) is 10.4 Å². The maximum Gasteiger partial charge on any atom is 0.260 e. The first-order valence-corrected chi connectivity index (χ1v) is 4.12. The van der Waals surface area contributed by atoms with Gasteiger partial charge in [0.15, 0.2) is 5.78 Å². The maximum atomic E-state index is 11.1. The summed E-state index contributed by atoms with van der Waals surface area (Å²) in [7, 11) is 0. The van der Waals surface area contributed by atoms with Gasteiger partial charge in [0.25, 0.3) is 5.91 Å². The van der Waals surface area contributed by atoms with Crippen LogP contribution in [0.4, 0.5) is 0 Å². The topological polar surface area (TPSA) is 164 Å². The molecule has 9 nitrogen and oxygen atoms in total. The Morgan fingerprint density at radius 3 is 2.31 bits per heavy atom. The zero-order chi connectivity index (χ0) is 12.9. The third kappa shape index (κ3) is 2.54. The molecule has 9 heteroatoms. The maximum absolute atomic E-state index is 11.1. The lowest BCUT2D eigenvalue weighted by atomic mass is 9.88. The monoisotopic (exact) mass is 233 g/mol. The molecule has 0 radical (unpaired) electrons. The Labute approximate surface area is 89.6 Å². The summed E-state index contributed by atoms with van der Waals surface area (Å²) < 4.78 is 0. The van der Waals surface area contributed by atoms with Gasteiger partial charge in [-0.1, -0.05) is 0 Å². The summed E-state index contributed by atoms with van der Waals surface area (Å²) in [6.45, 7) is -0.224. The Morgan fingerprint density at radius 1 is 1.50 bits per heavy atom. The quantitative estimate of drug-likeness (QED) is 0.183. The number of aliphatic hydroxyl groups excluding tert-OH is 3. The van der Waals surface area contributed by atoms with Crippen LogP contribution in [0.5, 0.6) is 0 Å². The number of carbonyl (C=O) groups is 2. The standard InChI is InChI=1S/C7H11N3O6/c1-3(12)7(16,6(15)9-10-8)5(14)4(13)2-11/h4-5,11,13-14,16H,2H2,1H3/t4-,5+,7-/m1/s1. The Bertz CT molecular complexity index is 339. The van der Waals surface area contributed by atoms with E-state index >= 15 is 0 Å². The summed E-state index contributed by atoms with van der Waals surface area (Å²) >= 11 is 0. The van der Waals surface area contributed by atoms with Crippen LogP contribution in [0.25, 0.3) is 10.4 Å². The molecule has 1 amide bonds. The molecule has 0 aliphatic carbocycles. The average molecular weight is 233 g/mol. The average Bonchev–Trinajstić information content (AvgIpc) is 2.25. The molecule has 0 heterocycles. The van der Waals surface area contributed by atoms with Gasteiger partial charge in [0.2, 0.25) is 5.60 Å². The smallest absolute Gasteiger partial charge is 0.260 e. The molecule has 0 aromatic rings. The fourth-order valence-electron chi connectivity index (χ4n) is 0.980. The minimum Gasteiger partial charge on any atom is -0.394 e. The molecule has 0 fully saturated rings. The van der Waals surface area contributed by atoms with E-state index in [0.29, 0.717) is 0 Å². The molecule has 3 atom stereocenters. The Kier molecular flexibility index (Phi) is 5.02. The van der Waals surface area contributed by atoms with E-state index in [4.69, 9.17) is 15.7 Å². The number of aliphatic hydroxyl groups is 4. The van der Waals surface area contributed by atoms with Crippen LogP contribution in [0.3, 0.4) is 0 Å². The van der Waals surface area contributed by atoms with Crippen LogP contribution in [0.15, 0.2) is 5.11 Å². The third-order valence-corrected chi connectivity index (χ3v) is 1.98. The zero-order valence-corrected chi connectivity index (χ0v) is 8.31. The van der Waals surface area contributed by atoms with E-state index in [2.05, 4.69) is 10.0 Å². The number of nitrogens with zero attached hydrogens (tertiary/aromatic N) is 3. The minimum atomic E-state index is -3.06. The largest absolute Gasteiger partial charge is 0.394 e. The van der Waals surface area contributed by atoms with E-state index in [-0.39, 0.29) is 0 Å². The van der Waals surface area contributed by atoms with Gasteiger partial charge in [-0.2, -0.15) is 0 Å². The van der Waals surface area contributed by atoms with Gasteiger partial charge < -0.3 is 20.4 Å². The molecule has 0 aliphatic rings. The van der Waals surface area contributed by atoms with Crippen molar-refractivity contribution in [2.45, 2.75) is 24.7 Å². The highest BCUT2D eigenvalue weighted by molar-refractivity contribution is 6.09. The van der Waals surface area contributed by atoms with Gasteiger partial charge in [0, 0.05) is 4.91 Å². The van der Waals surface area contributed by atoms with Crippen LogP contribution in [-0.2, 0) is 9.59 Å². The van der Waals surface area contributed by atoms with Gasteiger partial charge in [0.05, 0.1) is 6.61 Å². The SMILES string of the molecule is CC(=O)[C@](O)(C(=O)N=[N+]=[N-])[C@@H](O)[C@H](O)CO. The number of rotatable bonds is 5. The molecule has 0 rings (SSSR count). The first kappa shape index (κ1) is 14.5. The number of ketones is 1. The molecule has 16 heavy (non-hydrogen) atoms. The van der Waals surface area contributed by atoms with Gasteiger partial charge in [0.1, 0.15) is 12.2 Å². The van der Waals surface area contributed by atoms with Gasteiger partial charge >= 0.3 is 0 Å². The van der Waals surface area contributed by atoms with E-state index in [0.717, 1.165) is 6.92 Å². The van der Waals surface area contributed by atoms with Crippen LogP contribution in [-0.4, -0.2) is 56.5 Å². The molecule has 0 unspecified atom stereocenters. The summed E-state index contributed by atoms with van der Waals surface area (Å²) in [5, 5.41) is 38.9. The van der Waals surface area contributed by atoms with Gasteiger partial charge in [-0.3, -0.25) is 9.59 Å². The van der Waals surface area contributed by atoms with Crippen molar-refractivity contribution in [3.63, 3.8) is 0 Å². The Hall–Kier alpha value is -1.51. The summed E-state index contributed by atoms with van der Waals surface area (Å²) in [5.74, 6) is -2.87. The number of azide groups is 1. The van der Waals surface area contributed by atoms with Crippen LogP contribution in [0.2, 0.25) is 0 Å². The lowest BCUT2D eigenvalue weighted by molar-refractivity contribution is -0.172. The molecule has 0 aliphatic heterocycles. The van der Waals surface area contributed by atoms with Crippen molar-refractivity contribution in [1.82, 2.24) is 0 Å². The highest BCUT2D eigenvalue weighted by atomic mass is 16.4. The molecule has 0 saturated carbocycles. The second-order valence-corrected chi connectivity index (χ2v) is 3.01. The second-order valence-electron chi connectivity index (χ2n) is 3.01. The minimum absolute atomic E-state index is 0.762. The van der Waals surface area contributed by atoms with E-state index in [1.54, 1.807) is 0 Å². The summed E-state index contributed by atoms with van der Waals surface area (Å²) in [6.07, 6.45) is -4.21. The Balaban J connectivity index is 5.34. The Morgan fingerprint density at radius 2 is 2.00 bits per heavy atom. The van der Waals surface area contributed by atoms with E-state index in [9.17, 15) is 19.8 Å². The molecule has 0 saturated heterocycles. The van der Waals surface area contributed by atoms with Crippen LogP contribution in [0, 0.1) is 0 Å².